The molecule has 0 aliphatic heterocycles. The normalized spacial score (nSPS) is 27.9. The molecule has 1 atom stereocenters. The van der Waals surface area contributed by atoms with Crippen molar-refractivity contribution in [3.8, 4) is 0 Å². The molecule has 11 heavy (non-hydrogen) atoms. The van der Waals surface area contributed by atoms with Gasteiger partial charge in [-0.1, -0.05) is 0 Å². The van der Waals surface area contributed by atoms with Gasteiger partial charge in [-0.05, 0) is 0 Å². The number of carbonyl (C=O) groups is 1. The molecule has 0 aliphatic carbocycles. The van der Waals surface area contributed by atoms with Gasteiger partial charge in [0.15, 0.2) is 0 Å². The third kappa shape index (κ3) is 7.29. The van der Waals surface area contributed by atoms with Crippen molar-refractivity contribution in [3.05, 3.63) is 0 Å². The summed E-state index contributed by atoms with van der Waals surface area (Å²) in [6.45, 7) is -2.75. The molecular formula is C7H16NO3+. The molecule has 66 valence electrons. The summed E-state index contributed by atoms with van der Waals surface area (Å²) in [5.74, 6) is -2.06. The van der Waals surface area contributed by atoms with Crippen LogP contribution in [-0.2, 0) is 4.79 Å². The molecular weight excluding hydrogens is 146 g/mol. The van der Waals surface area contributed by atoms with E-state index in [4.69, 9.17) is 13.4 Å². The SMILES string of the molecule is [2H]O[C@]([2H])(C([2H])([2H])C(=O)O)C([2H])([2H])[N+](C)(C)C. The maximum Gasteiger partial charge on any atom is 0.306 e. The highest BCUT2D eigenvalue weighted by Gasteiger charge is 2.17. The Balaban J connectivity index is 5.84. The fourth-order valence-corrected chi connectivity index (χ4v) is 0.430. The molecule has 0 aromatic heterocycles. The standard InChI is InChI=1S/C7H15NO3/c1-8(2,3)5-6(9)4-7(10)11/h6,9H,4-5H2,1-3H3/p+1/t6-/m1/s1/i4D2,5D2,6D,9D. The van der Waals surface area contributed by atoms with Gasteiger partial charge in [-0.3, -0.25) is 4.79 Å². The molecule has 0 saturated carbocycles. The van der Waals surface area contributed by atoms with Crippen LogP contribution in [0.2, 0.25) is 0 Å². The smallest absolute Gasteiger partial charge is 0.306 e. The topological polar surface area (TPSA) is 57.5 Å². The third-order valence-corrected chi connectivity index (χ3v) is 0.657. The number of aliphatic hydroxyl groups is 1. The molecule has 0 rings (SSSR count). The Kier molecular flexibility index (Phi) is 1.30. The van der Waals surface area contributed by atoms with Crippen molar-refractivity contribution in [1.29, 1.82) is 1.43 Å². The van der Waals surface area contributed by atoms with E-state index in [1.54, 1.807) is 0 Å². The van der Waals surface area contributed by atoms with Crippen LogP contribution in [0, 0.1) is 0 Å². The Labute approximate surface area is 75.2 Å². The van der Waals surface area contributed by atoms with Gasteiger partial charge in [-0.25, -0.2) is 0 Å². The number of nitrogens with zero attached hydrogens (tertiary/aromatic N) is 1. The lowest BCUT2D eigenvalue weighted by Crippen LogP contribution is -2.42. The van der Waals surface area contributed by atoms with Crippen molar-refractivity contribution < 1.29 is 26.3 Å². The largest absolute Gasteiger partial charge is 0.481 e. The lowest BCUT2D eigenvalue weighted by Gasteiger charge is -2.25. The van der Waals surface area contributed by atoms with E-state index >= 15 is 0 Å². The molecule has 0 unspecified atom stereocenters. The molecule has 4 nitrogen and oxygen atoms in total. The molecule has 0 bridgehead atoms. The molecule has 0 saturated heterocycles. The molecule has 4 heteroatoms. The van der Waals surface area contributed by atoms with Gasteiger partial charge in [0.25, 0.3) is 0 Å². The number of carboxylic acids is 1. The number of aliphatic carboxylic acids is 1. The molecule has 2 N–H and O–H groups in total. The summed E-state index contributed by atoms with van der Waals surface area (Å²) < 4.78 is 43.6. The lowest BCUT2D eigenvalue weighted by atomic mass is 10.2. The summed E-state index contributed by atoms with van der Waals surface area (Å²) in [5, 5.41) is 12.5. The van der Waals surface area contributed by atoms with E-state index in [1.807, 2.05) is 0 Å². The van der Waals surface area contributed by atoms with E-state index in [2.05, 4.69) is 5.11 Å². The maximum absolute atomic E-state index is 10.8. The molecule has 0 amide bonds. The van der Waals surface area contributed by atoms with Crippen LogP contribution >= 0.6 is 0 Å². The van der Waals surface area contributed by atoms with Crippen LogP contribution in [0.4, 0.5) is 0 Å². The van der Waals surface area contributed by atoms with Crippen molar-refractivity contribution in [3.63, 3.8) is 0 Å². The number of rotatable bonds is 5. The van der Waals surface area contributed by atoms with Crippen LogP contribution in [0.15, 0.2) is 0 Å². The van der Waals surface area contributed by atoms with Crippen molar-refractivity contribution >= 4 is 5.97 Å². The number of hydrogen-bond acceptors (Lipinski definition) is 2. The fraction of sp³-hybridized carbons (Fsp3) is 0.857. The first-order chi connectivity index (χ1) is 7.25. The van der Waals surface area contributed by atoms with E-state index in [9.17, 15) is 4.79 Å². The zero-order valence-corrected chi connectivity index (χ0v) is 6.71. The summed E-state index contributed by atoms with van der Waals surface area (Å²) >= 11 is 0. The van der Waals surface area contributed by atoms with Crippen molar-refractivity contribution in [1.82, 2.24) is 0 Å². The van der Waals surface area contributed by atoms with Gasteiger partial charge in [0, 0.05) is 2.74 Å². The van der Waals surface area contributed by atoms with Gasteiger partial charge in [0.1, 0.15) is 12.6 Å². The van der Waals surface area contributed by atoms with Gasteiger partial charge >= 0.3 is 5.97 Å². The average molecular weight is 168 g/mol. The van der Waals surface area contributed by atoms with Crippen LogP contribution in [0.25, 0.3) is 0 Å². The minimum Gasteiger partial charge on any atom is -0.481 e. The number of hydrogen-bond donors (Lipinski definition) is 2. The van der Waals surface area contributed by atoms with Crippen molar-refractivity contribution in [2.45, 2.75) is 12.5 Å². The highest BCUT2D eigenvalue weighted by atomic mass is 16.4. The molecule has 0 aromatic carbocycles. The van der Waals surface area contributed by atoms with Gasteiger partial charge in [0.2, 0.25) is 1.43 Å². The van der Waals surface area contributed by atoms with E-state index in [0.29, 0.717) is 0 Å². The Morgan fingerprint density at radius 3 is 2.64 bits per heavy atom. The zero-order chi connectivity index (χ0) is 14.3. The lowest BCUT2D eigenvalue weighted by molar-refractivity contribution is -0.873. The molecule has 0 spiro atoms. The van der Waals surface area contributed by atoms with E-state index < -0.39 is 29.4 Å². The Hall–Kier alpha value is -0.610. The summed E-state index contributed by atoms with van der Waals surface area (Å²) in [4.78, 5) is 10.8. The Bertz CT molecular complexity index is 315. The van der Waals surface area contributed by atoms with Crippen LogP contribution in [-0.4, -0.2) is 55.8 Å². The van der Waals surface area contributed by atoms with E-state index in [1.165, 1.54) is 21.1 Å². The predicted molar refractivity (Wildman–Crippen MR) is 41.2 cm³/mol. The molecule has 0 aliphatic rings. The summed E-state index contributed by atoms with van der Waals surface area (Å²) in [6, 6.07) is 0. The fourth-order valence-electron chi connectivity index (χ4n) is 0.430. The second-order valence-corrected chi connectivity index (χ2v) is 2.88. The Morgan fingerprint density at radius 1 is 1.82 bits per heavy atom. The predicted octanol–water partition coefficient (Wildman–Crippen LogP) is -0.472. The van der Waals surface area contributed by atoms with Crippen LogP contribution in [0.3, 0.4) is 0 Å². The quantitative estimate of drug-likeness (QED) is 0.546. The number of likely N-dealkylation sites (N-methyl/N-ethyl adjacent to an activating group) is 1. The van der Waals surface area contributed by atoms with Gasteiger partial charge in [0.05, 0.1) is 31.6 Å². The highest BCUT2D eigenvalue weighted by Crippen LogP contribution is 1.98. The highest BCUT2D eigenvalue weighted by molar-refractivity contribution is 5.67. The molecule has 0 fully saturated rings. The monoisotopic (exact) mass is 168 g/mol. The van der Waals surface area contributed by atoms with Crippen molar-refractivity contribution in [2.24, 2.45) is 0 Å². The number of carboxylic acid groups (broad SMARTS) is 1. The zero-order valence-electron chi connectivity index (χ0n) is 12.7. The van der Waals surface area contributed by atoms with Crippen LogP contribution in [0.5, 0.6) is 0 Å². The molecule has 0 heterocycles. The van der Waals surface area contributed by atoms with Crippen LogP contribution in [0.1, 0.15) is 13.2 Å². The molecule has 0 radical (unpaired) electrons. The van der Waals surface area contributed by atoms with E-state index in [-0.39, 0.29) is 0 Å². The minimum absolute atomic E-state index is 0.595. The van der Waals surface area contributed by atoms with Crippen LogP contribution < -0.4 is 0 Å². The average Bonchev–Trinajstić information content (AvgIpc) is 2.13. The van der Waals surface area contributed by atoms with Gasteiger partial charge in [-0.2, -0.15) is 0 Å². The Morgan fingerprint density at radius 2 is 2.36 bits per heavy atom. The number of quaternary nitrogens is 1. The first kappa shape index (κ1) is 3.87. The second kappa shape index (κ2) is 3.69. The first-order valence-electron chi connectivity index (χ1n) is 5.86. The summed E-state index contributed by atoms with van der Waals surface area (Å²) in [6.07, 6.45) is -6.58. The molecule has 0 aromatic rings. The van der Waals surface area contributed by atoms with Gasteiger partial charge < -0.3 is 14.7 Å². The summed E-state index contributed by atoms with van der Waals surface area (Å²) in [5.41, 5.74) is 0. The minimum atomic E-state index is -3.37. The summed E-state index contributed by atoms with van der Waals surface area (Å²) in [7, 11) is 3.92. The van der Waals surface area contributed by atoms with E-state index in [0.717, 1.165) is 0 Å². The van der Waals surface area contributed by atoms with Gasteiger partial charge in [-0.15, -0.1) is 0 Å². The first-order valence-corrected chi connectivity index (χ1v) is 2.95. The van der Waals surface area contributed by atoms with Crippen molar-refractivity contribution in [2.75, 3.05) is 27.6 Å². The maximum atomic E-state index is 10.8. The third-order valence-electron chi connectivity index (χ3n) is 0.657. The second-order valence-electron chi connectivity index (χ2n) is 2.88.